The van der Waals surface area contributed by atoms with Crippen LogP contribution in [0.5, 0.6) is 0 Å². The Kier molecular flexibility index (Phi) is 13.3. The average Bonchev–Trinajstić information content (AvgIpc) is 2.73. The summed E-state index contributed by atoms with van der Waals surface area (Å²) in [5, 5.41) is 0. The number of rotatable bonds is 13. The number of likely N-dealkylation sites (tertiary alicyclic amines) is 1. The Hall–Kier alpha value is -1.96. The second-order valence-electron chi connectivity index (χ2n) is 8.38. The first-order valence-corrected chi connectivity index (χ1v) is 13.3. The maximum Gasteiger partial charge on any atom is 0.240 e. The van der Waals surface area contributed by atoms with Gasteiger partial charge < -0.3 is 4.90 Å². The first-order valence-electron chi connectivity index (χ1n) is 11.1. The van der Waals surface area contributed by atoms with E-state index in [1.54, 1.807) is 36.1 Å². The minimum absolute atomic E-state index is 0.235. The molecule has 1 unspecified atom stereocenters. The number of sulfonamides is 1. The molecule has 0 aromatic rings. The van der Waals surface area contributed by atoms with E-state index >= 15 is 0 Å². The van der Waals surface area contributed by atoms with Crippen molar-refractivity contribution in [3.8, 4) is 0 Å². The maximum atomic E-state index is 13.7. The van der Waals surface area contributed by atoms with Crippen LogP contribution in [-0.2, 0) is 14.8 Å². The van der Waals surface area contributed by atoms with Crippen LogP contribution in [0.25, 0.3) is 0 Å². The van der Waals surface area contributed by atoms with E-state index in [0.717, 1.165) is 24.5 Å². The van der Waals surface area contributed by atoms with Gasteiger partial charge in [0.05, 0.1) is 5.75 Å². The highest BCUT2D eigenvalue weighted by Crippen LogP contribution is 2.19. The van der Waals surface area contributed by atoms with E-state index in [1.165, 1.54) is 12.2 Å². The van der Waals surface area contributed by atoms with Crippen LogP contribution in [0.3, 0.4) is 0 Å². The van der Waals surface area contributed by atoms with Crippen molar-refractivity contribution in [3.63, 3.8) is 0 Å². The molecule has 5 nitrogen and oxygen atoms in total. The predicted molar refractivity (Wildman–Crippen MR) is 136 cm³/mol. The Morgan fingerprint density at radius 2 is 1.88 bits per heavy atom. The normalized spacial score (nSPS) is 17.3. The van der Waals surface area contributed by atoms with Crippen LogP contribution < -0.4 is 4.72 Å². The number of hydrogen-bond donors (Lipinski definition) is 1. The second-order valence-corrected chi connectivity index (χ2v) is 10.5. The van der Waals surface area contributed by atoms with Gasteiger partial charge in [0.2, 0.25) is 15.9 Å². The van der Waals surface area contributed by atoms with Gasteiger partial charge in [0.25, 0.3) is 0 Å². The van der Waals surface area contributed by atoms with E-state index in [2.05, 4.69) is 24.8 Å². The fourth-order valence-electron chi connectivity index (χ4n) is 3.25. The molecule has 8 heteroatoms. The molecule has 0 aromatic carbocycles. The standard InChI is InChI=1S/C25H36ClFN2O3S/c1-20(2)19-23(27)10-8-18-33(31,32)28-24(12-11-21(3)9-6-5-7-15-26)25(30)29-16-13-22(4)14-17-29/h5-10,19,22,24,28H,1,3,11-18H2,2,4H3/b7-5-,9-6-,10-8-,23-19+. The number of carbonyl (C=O) groups is 1. The predicted octanol–water partition coefficient (Wildman–Crippen LogP) is 5.21. The molecule has 0 bridgehead atoms. The average molecular weight is 499 g/mol. The minimum atomic E-state index is -3.85. The molecule has 1 aliphatic heterocycles. The van der Waals surface area contributed by atoms with Gasteiger partial charge in [0.1, 0.15) is 11.9 Å². The smallest absolute Gasteiger partial charge is 0.240 e. The SMILES string of the molecule is C=C(C)/C=C(F)\C=C/CS(=O)(=O)NC(CCC(=C)/C=C\C=C/CCl)C(=O)N1CCC(C)CC1. The summed E-state index contributed by atoms with van der Waals surface area (Å²) in [5.74, 6) is -0.302. The molecule has 0 aromatic heterocycles. The summed E-state index contributed by atoms with van der Waals surface area (Å²) in [5.41, 5.74) is 1.29. The van der Waals surface area contributed by atoms with E-state index < -0.39 is 27.6 Å². The lowest BCUT2D eigenvalue weighted by Gasteiger charge is -2.33. The number of nitrogens with zero attached hydrogens (tertiary/aromatic N) is 1. The summed E-state index contributed by atoms with van der Waals surface area (Å²) in [7, 11) is -3.85. The Balaban J connectivity index is 2.87. The van der Waals surface area contributed by atoms with Gasteiger partial charge in [-0.3, -0.25) is 4.79 Å². The van der Waals surface area contributed by atoms with Gasteiger partial charge in [-0.05, 0) is 50.7 Å². The largest absolute Gasteiger partial charge is 0.341 e. The summed E-state index contributed by atoms with van der Waals surface area (Å²) in [4.78, 5) is 14.8. The molecule has 1 rings (SSSR count). The van der Waals surface area contributed by atoms with Crippen molar-refractivity contribution in [1.82, 2.24) is 9.62 Å². The van der Waals surface area contributed by atoms with Crippen LogP contribution in [0, 0.1) is 5.92 Å². The molecule has 0 radical (unpaired) electrons. The number of nitrogens with one attached hydrogen (secondary N) is 1. The van der Waals surface area contributed by atoms with Crippen LogP contribution in [0.1, 0.15) is 39.5 Å². The second kappa shape index (κ2) is 15.0. The zero-order chi connectivity index (χ0) is 24.9. The highest BCUT2D eigenvalue weighted by atomic mass is 35.5. The van der Waals surface area contributed by atoms with Crippen molar-refractivity contribution in [2.75, 3.05) is 24.7 Å². The van der Waals surface area contributed by atoms with E-state index in [0.29, 0.717) is 36.9 Å². The monoisotopic (exact) mass is 498 g/mol. The van der Waals surface area contributed by atoms with Gasteiger partial charge in [-0.25, -0.2) is 17.5 Å². The summed E-state index contributed by atoms with van der Waals surface area (Å²) in [6.07, 6.45) is 13.2. The van der Waals surface area contributed by atoms with Crippen molar-refractivity contribution in [1.29, 1.82) is 0 Å². The molecule has 1 aliphatic rings. The highest BCUT2D eigenvalue weighted by molar-refractivity contribution is 7.89. The van der Waals surface area contributed by atoms with E-state index in [9.17, 15) is 17.6 Å². The number of allylic oxidation sites excluding steroid dienone is 9. The highest BCUT2D eigenvalue weighted by Gasteiger charge is 2.29. The number of amides is 1. The van der Waals surface area contributed by atoms with Crippen LogP contribution in [0.4, 0.5) is 4.39 Å². The van der Waals surface area contributed by atoms with Crippen molar-refractivity contribution in [2.24, 2.45) is 5.92 Å². The minimum Gasteiger partial charge on any atom is -0.341 e. The van der Waals surface area contributed by atoms with Gasteiger partial charge in [0, 0.05) is 19.0 Å². The number of carbonyl (C=O) groups excluding carboxylic acids is 1. The van der Waals surface area contributed by atoms with Gasteiger partial charge in [-0.1, -0.05) is 61.6 Å². The zero-order valence-electron chi connectivity index (χ0n) is 19.6. The first-order chi connectivity index (χ1) is 15.5. The third-order valence-electron chi connectivity index (χ3n) is 5.11. The summed E-state index contributed by atoms with van der Waals surface area (Å²) < 4.78 is 41.4. The summed E-state index contributed by atoms with van der Waals surface area (Å²) in [6.45, 7) is 12.6. The molecule has 33 heavy (non-hydrogen) atoms. The molecular formula is C25H36ClFN2O3S. The van der Waals surface area contributed by atoms with Crippen molar-refractivity contribution in [2.45, 2.75) is 45.6 Å². The molecule has 1 N–H and O–H groups in total. The summed E-state index contributed by atoms with van der Waals surface area (Å²) in [6, 6.07) is -0.906. The number of piperidine rings is 1. The van der Waals surface area contributed by atoms with Crippen LogP contribution in [0.15, 0.2) is 72.7 Å². The van der Waals surface area contributed by atoms with Gasteiger partial charge in [-0.2, -0.15) is 0 Å². The van der Waals surface area contributed by atoms with E-state index in [-0.39, 0.29) is 12.3 Å². The van der Waals surface area contributed by atoms with Gasteiger partial charge >= 0.3 is 0 Å². The molecule has 1 heterocycles. The Bertz CT molecular complexity index is 899. The molecule has 0 spiro atoms. The van der Waals surface area contributed by atoms with E-state index in [4.69, 9.17) is 11.6 Å². The molecule has 0 aliphatic carbocycles. The first kappa shape index (κ1) is 29.1. The van der Waals surface area contributed by atoms with E-state index in [1.807, 2.05) is 0 Å². The lowest BCUT2D eigenvalue weighted by Crippen LogP contribution is -2.50. The van der Waals surface area contributed by atoms with Crippen molar-refractivity contribution in [3.05, 3.63) is 72.7 Å². The summed E-state index contributed by atoms with van der Waals surface area (Å²) >= 11 is 5.59. The van der Waals surface area contributed by atoms with Crippen molar-refractivity contribution < 1.29 is 17.6 Å². The van der Waals surface area contributed by atoms with Gasteiger partial charge in [0.15, 0.2) is 0 Å². The molecular weight excluding hydrogens is 463 g/mol. The quantitative estimate of drug-likeness (QED) is 0.280. The van der Waals surface area contributed by atoms with Crippen LogP contribution >= 0.6 is 11.6 Å². The molecule has 1 saturated heterocycles. The Morgan fingerprint density at radius 3 is 2.48 bits per heavy atom. The maximum absolute atomic E-state index is 13.7. The number of alkyl halides is 1. The topological polar surface area (TPSA) is 66.5 Å². The third-order valence-corrected chi connectivity index (χ3v) is 6.57. The third kappa shape index (κ3) is 12.8. The molecule has 1 fully saturated rings. The zero-order valence-corrected chi connectivity index (χ0v) is 21.2. The molecule has 1 amide bonds. The number of hydrogen-bond acceptors (Lipinski definition) is 3. The lowest BCUT2D eigenvalue weighted by molar-refractivity contribution is -0.134. The number of halogens is 2. The van der Waals surface area contributed by atoms with Crippen LogP contribution in [0.2, 0.25) is 0 Å². The molecule has 1 atom stereocenters. The Morgan fingerprint density at radius 1 is 1.21 bits per heavy atom. The Labute approximate surface area is 203 Å². The van der Waals surface area contributed by atoms with Gasteiger partial charge in [-0.15, -0.1) is 11.6 Å². The fraction of sp³-hybridized carbons (Fsp3) is 0.480. The fourth-order valence-corrected chi connectivity index (χ4v) is 4.45. The van der Waals surface area contributed by atoms with Crippen LogP contribution in [-0.4, -0.2) is 50.0 Å². The molecule has 0 saturated carbocycles. The lowest BCUT2D eigenvalue weighted by atomic mass is 9.98. The molecule has 184 valence electrons. The van der Waals surface area contributed by atoms with Crippen molar-refractivity contribution >= 4 is 27.5 Å².